The fourth-order valence-corrected chi connectivity index (χ4v) is 3.78. The van der Waals surface area contributed by atoms with Gasteiger partial charge in [0.15, 0.2) is 0 Å². The van der Waals surface area contributed by atoms with E-state index < -0.39 is 0 Å². The SMILES string of the molecule is CSc1csc(-c2ccc(C(C)C)s2)n1. The van der Waals surface area contributed by atoms with Crippen LogP contribution in [0.4, 0.5) is 0 Å². The maximum absolute atomic E-state index is 4.56. The maximum atomic E-state index is 4.56. The minimum atomic E-state index is 0.615. The van der Waals surface area contributed by atoms with E-state index in [1.54, 1.807) is 23.1 Å². The highest BCUT2D eigenvalue weighted by Gasteiger charge is 2.08. The molecule has 0 unspecified atom stereocenters. The maximum Gasteiger partial charge on any atom is 0.134 e. The summed E-state index contributed by atoms with van der Waals surface area (Å²) in [6.45, 7) is 4.45. The highest BCUT2D eigenvalue weighted by Crippen LogP contribution is 2.34. The summed E-state index contributed by atoms with van der Waals surface area (Å²) in [6.07, 6.45) is 2.06. The van der Waals surface area contributed by atoms with Crippen molar-refractivity contribution >= 4 is 34.4 Å². The zero-order valence-corrected chi connectivity index (χ0v) is 11.4. The molecule has 15 heavy (non-hydrogen) atoms. The van der Waals surface area contributed by atoms with Crippen LogP contribution in [0, 0.1) is 0 Å². The van der Waals surface area contributed by atoms with Crippen molar-refractivity contribution in [1.82, 2.24) is 4.98 Å². The second kappa shape index (κ2) is 4.68. The second-order valence-electron chi connectivity index (χ2n) is 3.55. The van der Waals surface area contributed by atoms with Gasteiger partial charge in [0.05, 0.1) is 4.88 Å². The summed E-state index contributed by atoms with van der Waals surface area (Å²) in [4.78, 5) is 7.29. The van der Waals surface area contributed by atoms with Gasteiger partial charge >= 0.3 is 0 Å². The van der Waals surface area contributed by atoms with Crippen LogP contribution in [0.5, 0.6) is 0 Å². The minimum Gasteiger partial charge on any atom is -0.229 e. The zero-order chi connectivity index (χ0) is 10.8. The number of thiophene rings is 1. The van der Waals surface area contributed by atoms with Crippen LogP contribution in [0.15, 0.2) is 22.5 Å². The van der Waals surface area contributed by atoms with Crippen molar-refractivity contribution in [2.45, 2.75) is 24.8 Å². The Bertz CT molecular complexity index is 442. The van der Waals surface area contributed by atoms with E-state index in [0.29, 0.717) is 5.92 Å². The minimum absolute atomic E-state index is 0.615. The van der Waals surface area contributed by atoms with Crippen molar-refractivity contribution in [2.24, 2.45) is 0 Å². The van der Waals surface area contributed by atoms with E-state index in [2.05, 4.69) is 42.6 Å². The number of thioether (sulfide) groups is 1. The summed E-state index contributed by atoms with van der Waals surface area (Å²) in [5.74, 6) is 0.615. The number of hydrogen-bond acceptors (Lipinski definition) is 4. The Balaban J connectivity index is 2.28. The van der Waals surface area contributed by atoms with E-state index in [-0.39, 0.29) is 0 Å². The molecule has 0 atom stereocenters. The molecular weight excluding hydrogens is 242 g/mol. The average Bonchev–Trinajstić information content (AvgIpc) is 2.86. The van der Waals surface area contributed by atoms with E-state index in [0.717, 1.165) is 10.0 Å². The molecule has 80 valence electrons. The Morgan fingerprint density at radius 1 is 1.33 bits per heavy atom. The van der Waals surface area contributed by atoms with Crippen LogP contribution >= 0.6 is 34.4 Å². The molecule has 0 aliphatic heterocycles. The Kier molecular flexibility index (Phi) is 3.49. The number of thiazole rings is 1. The Labute approximate surface area is 103 Å². The Morgan fingerprint density at radius 2 is 2.13 bits per heavy atom. The normalized spacial score (nSPS) is 11.2. The van der Waals surface area contributed by atoms with Crippen molar-refractivity contribution in [1.29, 1.82) is 0 Å². The first-order chi connectivity index (χ1) is 7.20. The molecule has 2 aromatic heterocycles. The third-order valence-electron chi connectivity index (χ3n) is 2.10. The molecule has 2 heterocycles. The quantitative estimate of drug-likeness (QED) is 0.736. The van der Waals surface area contributed by atoms with Gasteiger partial charge in [0.1, 0.15) is 10.0 Å². The lowest BCUT2D eigenvalue weighted by atomic mass is 10.2. The van der Waals surface area contributed by atoms with Crippen molar-refractivity contribution in [2.75, 3.05) is 6.26 Å². The van der Waals surface area contributed by atoms with Gasteiger partial charge in [-0.25, -0.2) is 4.98 Å². The molecule has 0 aromatic carbocycles. The molecule has 0 spiro atoms. The zero-order valence-electron chi connectivity index (χ0n) is 8.98. The third-order valence-corrected chi connectivity index (χ3v) is 5.27. The summed E-state index contributed by atoms with van der Waals surface area (Å²) in [5.41, 5.74) is 0. The van der Waals surface area contributed by atoms with Crippen molar-refractivity contribution in [3.05, 3.63) is 22.4 Å². The summed E-state index contributed by atoms with van der Waals surface area (Å²) in [5, 5.41) is 4.39. The van der Waals surface area contributed by atoms with Crippen LogP contribution in [-0.4, -0.2) is 11.2 Å². The van der Waals surface area contributed by atoms with Crippen LogP contribution < -0.4 is 0 Å². The van der Waals surface area contributed by atoms with Gasteiger partial charge in [0.2, 0.25) is 0 Å². The molecule has 2 aromatic rings. The molecule has 1 nitrogen and oxygen atoms in total. The van der Waals surface area contributed by atoms with Gasteiger partial charge in [-0.3, -0.25) is 0 Å². The highest BCUT2D eigenvalue weighted by atomic mass is 32.2. The van der Waals surface area contributed by atoms with Crippen LogP contribution in [0.2, 0.25) is 0 Å². The molecule has 0 amide bonds. The molecule has 0 radical (unpaired) electrons. The summed E-state index contributed by atoms with van der Waals surface area (Å²) in [7, 11) is 0. The molecule has 0 aliphatic rings. The summed E-state index contributed by atoms with van der Waals surface area (Å²) < 4.78 is 0. The predicted molar refractivity (Wildman–Crippen MR) is 71.3 cm³/mol. The molecule has 0 saturated carbocycles. The van der Waals surface area contributed by atoms with Crippen LogP contribution in [-0.2, 0) is 0 Å². The number of aromatic nitrogens is 1. The fourth-order valence-electron chi connectivity index (χ4n) is 1.24. The van der Waals surface area contributed by atoms with Crippen LogP contribution in [0.1, 0.15) is 24.6 Å². The van der Waals surface area contributed by atoms with Gasteiger partial charge in [-0.15, -0.1) is 34.4 Å². The third kappa shape index (κ3) is 2.44. The fraction of sp³-hybridized carbons (Fsp3) is 0.364. The molecule has 0 fully saturated rings. The molecule has 4 heteroatoms. The van der Waals surface area contributed by atoms with Gasteiger partial charge in [-0.05, 0) is 24.3 Å². The van der Waals surface area contributed by atoms with Gasteiger partial charge in [0.25, 0.3) is 0 Å². The number of nitrogens with zero attached hydrogens (tertiary/aromatic N) is 1. The smallest absolute Gasteiger partial charge is 0.134 e. The largest absolute Gasteiger partial charge is 0.229 e. The van der Waals surface area contributed by atoms with Gasteiger partial charge in [0, 0.05) is 10.3 Å². The Hall–Kier alpha value is -0.320. The van der Waals surface area contributed by atoms with Crippen molar-refractivity contribution in [3.8, 4) is 9.88 Å². The van der Waals surface area contributed by atoms with E-state index >= 15 is 0 Å². The van der Waals surface area contributed by atoms with E-state index in [4.69, 9.17) is 0 Å². The highest BCUT2D eigenvalue weighted by molar-refractivity contribution is 7.98. The molecule has 0 aliphatic carbocycles. The first-order valence-electron chi connectivity index (χ1n) is 4.80. The predicted octanol–water partition coefficient (Wildman–Crippen LogP) is 4.72. The monoisotopic (exact) mass is 255 g/mol. The first kappa shape index (κ1) is 11.2. The van der Waals surface area contributed by atoms with Gasteiger partial charge in [-0.2, -0.15) is 0 Å². The van der Waals surface area contributed by atoms with Crippen molar-refractivity contribution in [3.63, 3.8) is 0 Å². The van der Waals surface area contributed by atoms with Gasteiger partial charge < -0.3 is 0 Å². The van der Waals surface area contributed by atoms with Crippen molar-refractivity contribution < 1.29 is 0 Å². The molecule has 0 bridgehead atoms. The number of rotatable bonds is 3. The molecular formula is C11H13NS3. The first-order valence-corrected chi connectivity index (χ1v) is 7.72. The second-order valence-corrected chi connectivity index (χ2v) is 6.35. The standard InChI is InChI=1S/C11H13NS3/c1-7(2)8-4-5-9(15-8)11-12-10(13-3)6-14-11/h4-7H,1-3H3. The lowest BCUT2D eigenvalue weighted by molar-refractivity contribution is 0.890. The lowest BCUT2D eigenvalue weighted by Gasteiger charge is -1.97. The summed E-state index contributed by atoms with van der Waals surface area (Å²) in [6, 6.07) is 4.40. The van der Waals surface area contributed by atoms with Crippen LogP contribution in [0.25, 0.3) is 9.88 Å². The van der Waals surface area contributed by atoms with E-state index in [1.807, 2.05) is 11.3 Å². The average molecular weight is 255 g/mol. The number of hydrogen-bond donors (Lipinski definition) is 0. The lowest BCUT2D eigenvalue weighted by Crippen LogP contribution is -1.77. The van der Waals surface area contributed by atoms with E-state index in [1.165, 1.54) is 9.75 Å². The summed E-state index contributed by atoms with van der Waals surface area (Å²) >= 11 is 5.29. The molecule has 0 N–H and O–H groups in total. The Morgan fingerprint density at radius 3 is 2.67 bits per heavy atom. The van der Waals surface area contributed by atoms with Gasteiger partial charge in [-0.1, -0.05) is 13.8 Å². The molecule has 0 saturated heterocycles. The van der Waals surface area contributed by atoms with E-state index in [9.17, 15) is 0 Å². The van der Waals surface area contributed by atoms with Crippen LogP contribution in [0.3, 0.4) is 0 Å². The topological polar surface area (TPSA) is 12.9 Å². The molecule has 2 rings (SSSR count).